The third-order valence-electron chi connectivity index (χ3n) is 4.53. The number of carbonyl (C=O) groups is 1. The van der Waals surface area contributed by atoms with Crippen LogP contribution in [0.3, 0.4) is 0 Å². The van der Waals surface area contributed by atoms with Gasteiger partial charge in [0.2, 0.25) is 5.91 Å². The molecule has 1 aromatic carbocycles. The van der Waals surface area contributed by atoms with Crippen molar-refractivity contribution in [2.75, 3.05) is 29.1 Å². The lowest BCUT2D eigenvalue weighted by Gasteiger charge is -2.30. The third kappa shape index (κ3) is 2.83. The highest BCUT2D eigenvalue weighted by atomic mass is 16.2. The molecule has 2 aliphatic rings. The molecule has 0 bridgehead atoms. The van der Waals surface area contributed by atoms with Crippen molar-refractivity contribution >= 4 is 23.0 Å². The fraction of sp³-hybridized carbons (Fsp3) is 0.562. The van der Waals surface area contributed by atoms with Gasteiger partial charge in [0.25, 0.3) is 0 Å². The zero-order valence-corrected chi connectivity index (χ0v) is 12.3. The SMILES string of the molecule is Nc1cc2c(cc1N1CCCC1CCCO)CCC(=O)N2. The maximum Gasteiger partial charge on any atom is 0.224 e. The van der Waals surface area contributed by atoms with Crippen molar-refractivity contribution < 1.29 is 9.90 Å². The molecule has 2 aliphatic heterocycles. The largest absolute Gasteiger partial charge is 0.397 e. The Labute approximate surface area is 125 Å². The molecule has 1 saturated heterocycles. The predicted octanol–water partition coefficient (Wildman–Crippen LogP) is 1.89. The maximum atomic E-state index is 11.5. The standard InChI is InChI=1S/C16H23N3O2/c17-13-10-14-11(5-6-16(21)18-14)9-15(13)19-7-1-3-12(19)4-2-8-20/h9-10,12,20H,1-8,17H2,(H,18,21). The summed E-state index contributed by atoms with van der Waals surface area (Å²) in [7, 11) is 0. The summed E-state index contributed by atoms with van der Waals surface area (Å²) in [5.41, 5.74) is 10.1. The van der Waals surface area contributed by atoms with Crippen LogP contribution in [0.4, 0.5) is 17.1 Å². The first-order valence-corrected chi connectivity index (χ1v) is 7.79. The molecule has 21 heavy (non-hydrogen) atoms. The number of hydrogen-bond acceptors (Lipinski definition) is 4. The van der Waals surface area contributed by atoms with E-state index in [2.05, 4.69) is 16.3 Å². The molecule has 1 fully saturated rings. The molecular weight excluding hydrogens is 266 g/mol. The smallest absolute Gasteiger partial charge is 0.224 e. The summed E-state index contributed by atoms with van der Waals surface area (Å²) in [4.78, 5) is 13.8. The second kappa shape index (κ2) is 5.93. The number of carbonyl (C=O) groups excluding carboxylic acids is 1. The molecule has 1 unspecified atom stereocenters. The number of aliphatic hydroxyl groups excluding tert-OH is 1. The van der Waals surface area contributed by atoms with Gasteiger partial charge in [0.1, 0.15) is 0 Å². The monoisotopic (exact) mass is 289 g/mol. The molecule has 1 amide bonds. The fourth-order valence-electron chi connectivity index (χ4n) is 3.46. The van der Waals surface area contributed by atoms with Crippen LogP contribution >= 0.6 is 0 Å². The minimum Gasteiger partial charge on any atom is -0.397 e. The Morgan fingerprint density at radius 1 is 1.38 bits per heavy atom. The summed E-state index contributed by atoms with van der Waals surface area (Å²) in [5.74, 6) is 0.0663. The Kier molecular flexibility index (Phi) is 4.01. The number of rotatable bonds is 4. The Hall–Kier alpha value is -1.75. The van der Waals surface area contributed by atoms with E-state index in [0.717, 1.165) is 49.3 Å². The van der Waals surface area contributed by atoms with E-state index in [-0.39, 0.29) is 12.5 Å². The molecule has 0 aliphatic carbocycles. The summed E-state index contributed by atoms with van der Waals surface area (Å²) < 4.78 is 0. The second-order valence-corrected chi connectivity index (χ2v) is 5.97. The van der Waals surface area contributed by atoms with Crippen LogP contribution in [0.2, 0.25) is 0 Å². The number of nitrogens with zero attached hydrogens (tertiary/aromatic N) is 1. The van der Waals surface area contributed by atoms with Crippen molar-refractivity contribution in [2.45, 2.75) is 44.6 Å². The summed E-state index contributed by atoms with van der Waals surface area (Å²) >= 11 is 0. The van der Waals surface area contributed by atoms with Crippen LogP contribution in [0.15, 0.2) is 12.1 Å². The van der Waals surface area contributed by atoms with Crippen molar-refractivity contribution in [1.29, 1.82) is 0 Å². The van der Waals surface area contributed by atoms with E-state index in [1.807, 2.05) is 6.07 Å². The lowest BCUT2D eigenvalue weighted by Crippen LogP contribution is -2.30. The van der Waals surface area contributed by atoms with Gasteiger partial charge in [-0.3, -0.25) is 4.79 Å². The number of fused-ring (bicyclic) bond motifs is 1. The van der Waals surface area contributed by atoms with E-state index in [0.29, 0.717) is 12.5 Å². The first-order chi connectivity index (χ1) is 10.2. The highest BCUT2D eigenvalue weighted by Gasteiger charge is 2.27. The predicted molar refractivity (Wildman–Crippen MR) is 84.5 cm³/mol. The van der Waals surface area contributed by atoms with Gasteiger partial charge < -0.3 is 21.1 Å². The number of aliphatic hydroxyl groups is 1. The molecule has 5 heteroatoms. The summed E-state index contributed by atoms with van der Waals surface area (Å²) in [5, 5.41) is 11.9. The maximum absolute atomic E-state index is 11.5. The van der Waals surface area contributed by atoms with Crippen molar-refractivity contribution in [2.24, 2.45) is 0 Å². The van der Waals surface area contributed by atoms with Gasteiger partial charge in [0.05, 0.1) is 11.4 Å². The van der Waals surface area contributed by atoms with Crippen LogP contribution in [0.5, 0.6) is 0 Å². The molecule has 0 saturated carbocycles. The molecule has 3 rings (SSSR count). The number of hydrogen-bond donors (Lipinski definition) is 3. The number of aryl methyl sites for hydroxylation is 1. The minimum atomic E-state index is 0.0663. The van der Waals surface area contributed by atoms with Crippen molar-refractivity contribution in [3.05, 3.63) is 17.7 Å². The van der Waals surface area contributed by atoms with Crippen LogP contribution in [0.25, 0.3) is 0 Å². The van der Waals surface area contributed by atoms with E-state index in [1.54, 1.807) is 0 Å². The number of nitrogen functional groups attached to an aromatic ring is 1. The zero-order valence-electron chi connectivity index (χ0n) is 12.3. The number of nitrogens with two attached hydrogens (primary N) is 1. The van der Waals surface area contributed by atoms with Gasteiger partial charge >= 0.3 is 0 Å². The molecule has 5 nitrogen and oxygen atoms in total. The summed E-state index contributed by atoms with van der Waals surface area (Å²) in [6.07, 6.45) is 5.50. The van der Waals surface area contributed by atoms with Gasteiger partial charge in [-0.25, -0.2) is 0 Å². The number of anilines is 3. The number of nitrogens with one attached hydrogen (secondary N) is 1. The lowest BCUT2D eigenvalue weighted by atomic mass is 10.0. The fourth-order valence-corrected chi connectivity index (χ4v) is 3.46. The van der Waals surface area contributed by atoms with E-state index >= 15 is 0 Å². The number of amides is 1. The summed E-state index contributed by atoms with van der Waals surface area (Å²) in [6, 6.07) is 4.50. The molecule has 114 valence electrons. The van der Waals surface area contributed by atoms with Gasteiger partial charge in [-0.2, -0.15) is 0 Å². The summed E-state index contributed by atoms with van der Waals surface area (Å²) in [6.45, 7) is 1.27. The quantitative estimate of drug-likeness (QED) is 0.740. The van der Waals surface area contributed by atoms with Gasteiger partial charge in [-0.15, -0.1) is 0 Å². The highest BCUT2D eigenvalue weighted by Crippen LogP contribution is 2.37. The van der Waals surface area contributed by atoms with Crippen LogP contribution in [0, 0.1) is 0 Å². The van der Waals surface area contributed by atoms with Gasteiger partial charge in [0.15, 0.2) is 0 Å². The Morgan fingerprint density at radius 2 is 2.24 bits per heavy atom. The topological polar surface area (TPSA) is 78.6 Å². The van der Waals surface area contributed by atoms with E-state index < -0.39 is 0 Å². The van der Waals surface area contributed by atoms with Gasteiger partial charge in [0, 0.05) is 31.3 Å². The molecule has 4 N–H and O–H groups in total. The first kappa shape index (κ1) is 14.2. The lowest BCUT2D eigenvalue weighted by molar-refractivity contribution is -0.116. The molecule has 1 atom stereocenters. The third-order valence-corrected chi connectivity index (χ3v) is 4.53. The first-order valence-electron chi connectivity index (χ1n) is 7.79. The molecule has 0 radical (unpaired) electrons. The van der Waals surface area contributed by atoms with Crippen LogP contribution in [0.1, 0.15) is 37.7 Å². The minimum absolute atomic E-state index is 0.0663. The Bertz CT molecular complexity index is 545. The average Bonchev–Trinajstić information content (AvgIpc) is 2.92. The Morgan fingerprint density at radius 3 is 3.05 bits per heavy atom. The average molecular weight is 289 g/mol. The Balaban J connectivity index is 1.86. The van der Waals surface area contributed by atoms with Gasteiger partial charge in [-0.05, 0) is 49.8 Å². The molecule has 0 spiro atoms. The van der Waals surface area contributed by atoms with E-state index in [9.17, 15) is 4.79 Å². The van der Waals surface area contributed by atoms with Crippen LogP contribution < -0.4 is 16.0 Å². The van der Waals surface area contributed by atoms with Crippen molar-refractivity contribution in [3.63, 3.8) is 0 Å². The molecular formula is C16H23N3O2. The normalized spacial score (nSPS) is 21.3. The van der Waals surface area contributed by atoms with Crippen LogP contribution in [-0.2, 0) is 11.2 Å². The van der Waals surface area contributed by atoms with Gasteiger partial charge in [-0.1, -0.05) is 0 Å². The highest BCUT2D eigenvalue weighted by molar-refractivity contribution is 5.95. The zero-order chi connectivity index (χ0) is 14.8. The van der Waals surface area contributed by atoms with Crippen LogP contribution in [-0.4, -0.2) is 30.2 Å². The number of benzene rings is 1. The molecule has 1 aromatic rings. The van der Waals surface area contributed by atoms with E-state index in [1.165, 1.54) is 12.0 Å². The van der Waals surface area contributed by atoms with Crippen molar-refractivity contribution in [1.82, 2.24) is 0 Å². The van der Waals surface area contributed by atoms with E-state index in [4.69, 9.17) is 10.8 Å². The molecule has 0 aromatic heterocycles. The molecule has 2 heterocycles. The second-order valence-electron chi connectivity index (χ2n) is 5.97. The van der Waals surface area contributed by atoms with Crippen molar-refractivity contribution in [3.8, 4) is 0 Å².